The quantitative estimate of drug-likeness (QED) is 0.906. The number of anilines is 2. The standard InChI is InChI=1S/C17H16ClN3O2/c1-2-10-4-3-7-19-16(10)17(23)21-14-8-11-5-6-15(22)20-13(11)9-12(14)18/h3-4,7-9H,2,5-6H2,1H3,(H,20,22)(H,21,23). The van der Waals surface area contributed by atoms with Crippen LogP contribution in [0.25, 0.3) is 0 Å². The summed E-state index contributed by atoms with van der Waals surface area (Å²) in [5.41, 5.74) is 3.47. The molecule has 1 aliphatic heterocycles. The molecule has 0 unspecified atom stereocenters. The number of halogens is 1. The number of fused-ring (bicyclic) bond motifs is 1. The number of benzene rings is 1. The van der Waals surface area contributed by atoms with Gasteiger partial charge in [0.1, 0.15) is 5.69 Å². The summed E-state index contributed by atoms with van der Waals surface area (Å²) in [4.78, 5) is 28.0. The molecule has 3 rings (SSSR count). The Labute approximate surface area is 139 Å². The van der Waals surface area contributed by atoms with Gasteiger partial charge >= 0.3 is 0 Å². The molecule has 1 aromatic carbocycles. The van der Waals surface area contributed by atoms with Gasteiger partial charge in [0.2, 0.25) is 5.91 Å². The first-order valence-corrected chi connectivity index (χ1v) is 7.83. The molecule has 1 aliphatic rings. The minimum absolute atomic E-state index is 0.0218. The molecule has 1 aromatic heterocycles. The van der Waals surface area contributed by atoms with Crippen molar-refractivity contribution in [3.63, 3.8) is 0 Å². The van der Waals surface area contributed by atoms with Gasteiger partial charge < -0.3 is 10.6 Å². The summed E-state index contributed by atoms with van der Waals surface area (Å²) in [6.07, 6.45) is 3.38. The lowest BCUT2D eigenvalue weighted by Gasteiger charge is -2.19. The van der Waals surface area contributed by atoms with E-state index in [0.717, 1.165) is 17.5 Å². The van der Waals surface area contributed by atoms with Gasteiger partial charge in [0.25, 0.3) is 5.91 Å². The van der Waals surface area contributed by atoms with Gasteiger partial charge in [-0.05, 0) is 42.2 Å². The van der Waals surface area contributed by atoms with Crippen LogP contribution in [-0.2, 0) is 17.6 Å². The molecule has 0 aliphatic carbocycles. The summed E-state index contributed by atoms with van der Waals surface area (Å²) in [5, 5.41) is 5.98. The van der Waals surface area contributed by atoms with Crippen LogP contribution in [0.5, 0.6) is 0 Å². The zero-order valence-electron chi connectivity index (χ0n) is 12.6. The van der Waals surface area contributed by atoms with Gasteiger partial charge in [-0.1, -0.05) is 24.6 Å². The summed E-state index contributed by atoms with van der Waals surface area (Å²) in [6, 6.07) is 7.17. The Bertz CT molecular complexity index is 789. The van der Waals surface area contributed by atoms with E-state index in [-0.39, 0.29) is 11.8 Å². The second kappa shape index (κ2) is 6.38. The molecule has 0 fully saturated rings. The van der Waals surface area contributed by atoms with Gasteiger partial charge in [0, 0.05) is 18.3 Å². The summed E-state index contributed by atoms with van der Waals surface area (Å²) in [5.74, 6) is -0.310. The Morgan fingerprint density at radius 1 is 1.39 bits per heavy atom. The minimum atomic E-state index is -0.288. The number of pyridine rings is 1. The lowest BCUT2D eigenvalue weighted by Crippen LogP contribution is -2.20. The van der Waals surface area contributed by atoms with Crippen molar-refractivity contribution >= 4 is 34.8 Å². The van der Waals surface area contributed by atoms with E-state index in [9.17, 15) is 9.59 Å². The maximum absolute atomic E-state index is 12.5. The summed E-state index contributed by atoms with van der Waals surface area (Å²) >= 11 is 6.23. The van der Waals surface area contributed by atoms with Crippen LogP contribution in [0.3, 0.4) is 0 Å². The molecule has 0 atom stereocenters. The highest BCUT2D eigenvalue weighted by Crippen LogP contribution is 2.32. The maximum atomic E-state index is 12.5. The predicted octanol–water partition coefficient (Wildman–Crippen LogP) is 3.43. The number of amides is 2. The topological polar surface area (TPSA) is 71.1 Å². The molecule has 2 N–H and O–H groups in total. The number of carbonyl (C=O) groups is 2. The second-order valence-electron chi connectivity index (χ2n) is 5.36. The summed E-state index contributed by atoms with van der Waals surface area (Å²) in [6.45, 7) is 1.97. The molecule has 0 saturated carbocycles. The zero-order chi connectivity index (χ0) is 16.4. The number of rotatable bonds is 3. The van der Waals surface area contributed by atoms with Crippen LogP contribution in [-0.4, -0.2) is 16.8 Å². The number of aryl methyl sites for hydroxylation is 2. The Morgan fingerprint density at radius 3 is 3.00 bits per heavy atom. The molecular formula is C17H16ClN3O2. The fourth-order valence-corrected chi connectivity index (χ4v) is 2.82. The average Bonchev–Trinajstić information content (AvgIpc) is 2.55. The molecule has 0 bridgehead atoms. The first kappa shape index (κ1) is 15.5. The Hall–Kier alpha value is -2.40. The Balaban J connectivity index is 1.88. The summed E-state index contributed by atoms with van der Waals surface area (Å²) in [7, 11) is 0. The number of hydrogen-bond donors (Lipinski definition) is 2. The summed E-state index contributed by atoms with van der Waals surface area (Å²) < 4.78 is 0. The minimum Gasteiger partial charge on any atom is -0.326 e. The monoisotopic (exact) mass is 329 g/mol. The first-order valence-electron chi connectivity index (χ1n) is 7.46. The first-order chi connectivity index (χ1) is 11.1. The molecule has 5 nitrogen and oxygen atoms in total. The van der Waals surface area contributed by atoms with Gasteiger partial charge in [-0.3, -0.25) is 14.6 Å². The third kappa shape index (κ3) is 3.19. The highest BCUT2D eigenvalue weighted by Gasteiger charge is 2.19. The van der Waals surface area contributed by atoms with E-state index in [1.807, 2.05) is 25.1 Å². The largest absolute Gasteiger partial charge is 0.326 e. The van der Waals surface area contributed by atoms with Crippen molar-refractivity contribution in [3.8, 4) is 0 Å². The second-order valence-corrected chi connectivity index (χ2v) is 5.76. The van der Waals surface area contributed by atoms with Crippen molar-refractivity contribution < 1.29 is 9.59 Å². The molecule has 0 saturated heterocycles. The lowest BCUT2D eigenvalue weighted by molar-refractivity contribution is -0.116. The highest BCUT2D eigenvalue weighted by atomic mass is 35.5. The molecule has 2 heterocycles. The van der Waals surface area contributed by atoms with Gasteiger partial charge in [0.05, 0.1) is 10.7 Å². The normalized spacial score (nSPS) is 13.2. The van der Waals surface area contributed by atoms with E-state index < -0.39 is 0 Å². The average molecular weight is 330 g/mol. The molecule has 6 heteroatoms. The van der Waals surface area contributed by atoms with Crippen molar-refractivity contribution in [2.45, 2.75) is 26.2 Å². The Morgan fingerprint density at radius 2 is 2.22 bits per heavy atom. The molecule has 0 radical (unpaired) electrons. The van der Waals surface area contributed by atoms with Crippen molar-refractivity contribution in [3.05, 3.63) is 52.3 Å². The molecule has 23 heavy (non-hydrogen) atoms. The smallest absolute Gasteiger partial charge is 0.274 e. The predicted molar refractivity (Wildman–Crippen MR) is 90.0 cm³/mol. The van der Waals surface area contributed by atoms with Crippen LogP contribution in [0.15, 0.2) is 30.5 Å². The molecular weight excluding hydrogens is 314 g/mol. The van der Waals surface area contributed by atoms with Crippen LogP contribution in [0.1, 0.15) is 35.0 Å². The molecule has 0 spiro atoms. The number of hydrogen-bond acceptors (Lipinski definition) is 3. The molecule has 2 amide bonds. The van der Waals surface area contributed by atoms with Crippen molar-refractivity contribution in [2.24, 2.45) is 0 Å². The van der Waals surface area contributed by atoms with Crippen molar-refractivity contribution in [1.82, 2.24) is 4.98 Å². The number of nitrogens with zero attached hydrogens (tertiary/aromatic N) is 1. The Kier molecular flexibility index (Phi) is 4.30. The third-order valence-electron chi connectivity index (χ3n) is 3.82. The zero-order valence-corrected chi connectivity index (χ0v) is 13.4. The van der Waals surface area contributed by atoms with E-state index >= 15 is 0 Å². The number of aromatic nitrogens is 1. The maximum Gasteiger partial charge on any atom is 0.274 e. The van der Waals surface area contributed by atoms with Crippen LogP contribution >= 0.6 is 11.6 Å². The third-order valence-corrected chi connectivity index (χ3v) is 4.14. The van der Waals surface area contributed by atoms with E-state index in [1.54, 1.807) is 12.3 Å². The SMILES string of the molecule is CCc1cccnc1C(=O)Nc1cc2c(cc1Cl)NC(=O)CC2. The van der Waals surface area contributed by atoms with Crippen LogP contribution in [0.2, 0.25) is 5.02 Å². The molecule has 118 valence electrons. The number of nitrogens with one attached hydrogen (secondary N) is 2. The van der Waals surface area contributed by atoms with Crippen molar-refractivity contribution in [1.29, 1.82) is 0 Å². The van der Waals surface area contributed by atoms with Crippen LogP contribution in [0, 0.1) is 0 Å². The van der Waals surface area contributed by atoms with Gasteiger partial charge in [0.15, 0.2) is 0 Å². The van der Waals surface area contributed by atoms with Gasteiger partial charge in [-0.25, -0.2) is 0 Å². The fraction of sp³-hybridized carbons (Fsp3) is 0.235. The fourth-order valence-electron chi connectivity index (χ4n) is 2.61. The van der Waals surface area contributed by atoms with E-state index in [0.29, 0.717) is 34.9 Å². The molecule has 2 aromatic rings. The van der Waals surface area contributed by atoms with Crippen LogP contribution in [0.4, 0.5) is 11.4 Å². The lowest BCUT2D eigenvalue weighted by atomic mass is 10.0. The van der Waals surface area contributed by atoms with Gasteiger partial charge in [-0.15, -0.1) is 0 Å². The van der Waals surface area contributed by atoms with E-state index in [2.05, 4.69) is 15.6 Å². The van der Waals surface area contributed by atoms with Gasteiger partial charge in [-0.2, -0.15) is 0 Å². The highest BCUT2D eigenvalue weighted by molar-refractivity contribution is 6.34. The number of carbonyl (C=O) groups excluding carboxylic acids is 2. The van der Waals surface area contributed by atoms with Crippen LogP contribution < -0.4 is 10.6 Å². The van der Waals surface area contributed by atoms with E-state index in [4.69, 9.17) is 11.6 Å². The van der Waals surface area contributed by atoms with Crippen molar-refractivity contribution in [2.75, 3.05) is 10.6 Å². The van der Waals surface area contributed by atoms with E-state index in [1.165, 1.54) is 0 Å².